The van der Waals surface area contributed by atoms with Crippen molar-refractivity contribution in [2.24, 2.45) is 11.1 Å². The van der Waals surface area contributed by atoms with Crippen LogP contribution < -0.4 is 16.4 Å². The zero-order valence-electron chi connectivity index (χ0n) is 10.6. The summed E-state index contributed by atoms with van der Waals surface area (Å²) in [4.78, 5) is 23.0. The van der Waals surface area contributed by atoms with E-state index in [0.717, 1.165) is 6.42 Å². The van der Waals surface area contributed by atoms with Crippen LogP contribution in [0, 0.1) is 5.41 Å². The maximum atomic E-state index is 11.5. The lowest BCUT2D eigenvalue weighted by Crippen LogP contribution is -2.48. The summed E-state index contributed by atoms with van der Waals surface area (Å²) in [5.74, 6) is -0.296. The second kappa shape index (κ2) is 6.48. The van der Waals surface area contributed by atoms with Crippen LogP contribution in [-0.4, -0.2) is 31.4 Å². The Morgan fingerprint density at radius 1 is 1.38 bits per heavy atom. The van der Waals surface area contributed by atoms with E-state index in [4.69, 9.17) is 5.73 Å². The predicted octanol–water partition coefficient (Wildman–Crippen LogP) is 0.00220. The van der Waals surface area contributed by atoms with Crippen molar-refractivity contribution in [1.29, 1.82) is 0 Å². The second-order valence-electron chi connectivity index (χ2n) is 4.58. The van der Waals surface area contributed by atoms with Gasteiger partial charge in [-0.05, 0) is 20.3 Å². The predicted molar refractivity (Wildman–Crippen MR) is 63.7 cm³/mol. The van der Waals surface area contributed by atoms with Crippen LogP contribution in [0.1, 0.15) is 33.6 Å². The minimum Gasteiger partial charge on any atom is -0.359 e. The quantitative estimate of drug-likeness (QED) is 0.599. The van der Waals surface area contributed by atoms with Crippen molar-refractivity contribution in [2.75, 3.05) is 13.6 Å². The van der Waals surface area contributed by atoms with Gasteiger partial charge in [0.2, 0.25) is 11.8 Å². The topological polar surface area (TPSA) is 84.2 Å². The van der Waals surface area contributed by atoms with Crippen LogP contribution in [0.15, 0.2) is 0 Å². The third-order valence-corrected chi connectivity index (χ3v) is 2.48. The van der Waals surface area contributed by atoms with Gasteiger partial charge in [-0.15, -0.1) is 0 Å². The van der Waals surface area contributed by atoms with Crippen LogP contribution in [0.5, 0.6) is 0 Å². The first kappa shape index (κ1) is 14.9. The van der Waals surface area contributed by atoms with Gasteiger partial charge in [-0.25, -0.2) is 0 Å². The molecule has 0 aromatic carbocycles. The van der Waals surface area contributed by atoms with E-state index >= 15 is 0 Å². The van der Waals surface area contributed by atoms with Crippen molar-refractivity contribution in [3.05, 3.63) is 0 Å². The average molecular weight is 229 g/mol. The Kier molecular flexibility index (Phi) is 6.03. The van der Waals surface area contributed by atoms with Crippen LogP contribution in [0.4, 0.5) is 0 Å². The normalized spacial score (nSPS) is 13.1. The van der Waals surface area contributed by atoms with Crippen molar-refractivity contribution >= 4 is 11.8 Å². The molecule has 0 aliphatic rings. The number of hydrogen-bond donors (Lipinski definition) is 3. The molecule has 0 aliphatic heterocycles. The smallest absolute Gasteiger partial charge is 0.236 e. The van der Waals surface area contributed by atoms with Crippen molar-refractivity contribution in [2.45, 2.75) is 39.7 Å². The molecule has 1 unspecified atom stereocenters. The summed E-state index contributed by atoms with van der Waals surface area (Å²) < 4.78 is 0. The molecule has 0 rings (SSSR count). The maximum absolute atomic E-state index is 11.5. The summed E-state index contributed by atoms with van der Waals surface area (Å²) in [6.45, 7) is 5.82. The van der Waals surface area contributed by atoms with Crippen LogP contribution in [0.25, 0.3) is 0 Å². The molecule has 0 spiro atoms. The van der Waals surface area contributed by atoms with Gasteiger partial charge in [0.15, 0.2) is 0 Å². The number of nitrogens with one attached hydrogen (secondary N) is 2. The third-order valence-electron chi connectivity index (χ3n) is 2.48. The molecule has 0 aromatic rings. The van der Waals surface area contributed by atoms with Gasteiger partial charge in [-0.3, -0.25) is 9.59 Å². The second-order valence-corrected chi connectivity index (χ2v) is 4.58. The van der Waals surface area contributed by atoms with E-state index in [9.17, 15) is 9.59 Å². The Hall–Kier alpha value is -1.10. The Balaban J connectivity index is 4.14. The van der Waals surface area contributed by atoms with E-state index in [1.165, 1.54) is 0 Å². The molecular weight excluding hydrogens is 206 g/mol. The first-order valence-corrected chi connectivity index (χ1v) is 5.60. The number of amides is 2. The Morgan fingerprint density at radius 3 is 2.38 bits per heavy atom. The highest BCUT2D eigenvalue weighted by molar-refractivity contribution is 5.84. The number of rotatable bonds is 6. The third kappa shape index (κ3) is 4.61. The number of carbonyl (C=O) groups is 2. The van der Waals surface area contributed by atoms with Crippen molar-refractivity contribution in [3.8, 4) is 0 Å². The lowest BCUT2D eigenvalue weighted by atomic mass is 9.92. The van der Waals surface area contributed by atoms with Crippen molar-refractivity contribution < 1.29 is 9.59 Å². The summed E-state index contributed by atoms with van der Waals surface area (Å²) in [6.07, 6.45) is 1.53. The minimum absolute atomic E-state index is 0.100. The number of nitrogens with two attached hydrogens (primary N) is 1. The first-order valence-electron chi connectivity index (χ1n) is 5.60. The average Bonchev–Trinajstić information content (AvgIpc) is 2.25. The van der Waals surface area contributed by atoms with Crippen LogP contribution in [0.3, 0.4) is 0 Å². The lowest BCUT2D eigenvalue weighted by molar-refractivity contribution is -0.129. The van der Waals surface area contributed by atoms with E-state index in [0.29, 0.717) is 13.0 Å². The molecule has 0 radical (unpaired) electrons. The van der Waals surface area contributed by atoms with Gasteiger partial charge in [0.05, 0.1) is 11.5 Å². The summed E-state index contributed by atoms with van der Waals surface area (Å²) in [6, 6.07) is -0.481. The van der Waals surface area contributed by atoms with E-state index < -0.39 is 11.5 Å². The molecule has 0 bridgehead atoms. The van der Waals surface area contributed by atoms with Crippen LogP contribution >= 0.6 is 0 Å². The molecule has 0 fully saturated rings. The Morgan fingerprint density at radius 2 is 1.94 bits per heavy atom. The molecule has 0 aromatic heterocycles. The standard InChI is InChI=1S/C11H23N3O2/c1-5-6-8(12)9(15)14-7-11(2,3)10(16)13-4/h8H,5-7,12H2,1-4H3,(H,13,16)(H,14,15). The van der Waals surface area contributed by atoms with Gasteiger partial charge in [0.25, 0.3) is 0 Å². The fourth-order valence-corrected chi connectivity index (χ4v) is 1.30. The van der Waals surface area contributed by atoms with E-state index in [1.807, 2.05) is 6.92 Å². The molecule has 5 heteroatoms. The van der Waals surface area contributed by atoms with E-state index in [1.54, 1.807) is 20.9 Å². The fourth-order valence-electron chi connectivity index (χ4n) is 1.30. The van der Waals surface area contributed by atoms with Crippen molar-refractivity contribution in [1.82, 2.24) is 10.6 Å². The molecule has 5 nitrogen and oxygen atoms in total. The summed E-state index contributed by atoms with van der Waals surface area (Å²) in [5, 5.41) is 5.26. The molecule has 2 amide bonds. The fraction of sp³-hybridized carbons (Fsp3) is 0.818. The monoisotopic (exact) mass is 229 g/mol. The molecule has 0 heterocycles. The van der Waals surface area contributed by atoms with Gasteiger partial charge >= 0.3 is 0 Å². The summed E-state index contributed by atoms with van der Waals surface area (Å²) in [5.41, 5.74) is 5.04. The summed E-state index contributed by atoms with van der Waals surface area (Å²) >= 11 is 0. The highest BCUT2D eigenvalue weighted by Crippen LogP contribution is 2.13. The number of hydrogen-bond acceptors (Lipinski definition) is 3. The molecule has 1 atom stereocenters. The van der Waals surface area contributed by atoms with Gasteiger partial charge in [0.1, 0.15) is 0 Å². The molecular formula is C11H23N3O2. The highest BCUT2D eigenvalue weighted by Gasteiger charge is 2.27. The largest absolute Gasteiger partial charge is 0.359 e. The van der Waals surface area contributed by atoms with Gasteiger partial charge in [-0.1, -0.05) is 13.3 Å². The minimum atomic E-state index is -0.615. The van der Waals surface area contributed by atoms with Gasteiger partial charge in [0, 0.05) is 13.6 Å². The zero-order chi connectivity index (χ0) is 12.8. The molecule has 0 saturated heterocycles. The molecule has 4 N–H and O–H groups in total. The lowest BCUT2D eigenvalue weighted by Gasteiger charge is -2.23. The summed E-state index contributed by atoms with van der Waals surface area (Å²) in [7, 11) is 1.58. The number of carbonyl (C=O) groups excluding carboxylic acids is 2. The van der Waals surface area contributed by atoms with Gasteiger partial charge < -0.3 is 16.4 Å². The Bertz CT molecular complexity index is 252. The highest BCUT2D eigenvalue weighted by atomic mass is 16.2. The maximum Gasteiger partial charge on any atom is 0.236 e. The SMILES string of the molecule is CCCC(N)C(=O)NCC(C)(C)C(=O)NC. The zero-order valence-corrected chi connectivity index (χ0v) is 10.6. The Labute approximate surface area is 97.2 Å². The van der Waals surface area contributed by atoms with Crippen molar-refractivity contribution in [3.63, 3.8) is 0 Å². The van der Waals surface area contributed by atoms with Crippen LogP contribution in [-0.2, 0) is 9.59 Å². The molecule has 0 aliphatic carbocycles. The van der Waals surface area contributed by atoms with E-state index in [-0.39, 0.29) is 11.8 Å². The van der Waals surface area contributed by atoms with Gasteiger partial charge in [-0.2, -0.15) is 0 Å². The molecule has 0 saturated carbocycles. The van der Waals surface area contributed by atoms with Crippen LogP contribution in [0.2, 0.25) is 0 Å². The molecule has 16 heavy (non-hydrogen) atoms. The first-order chi connectivity index (χ1) is 7.35. The molecule has 94 valence electrons. The van der Waals surface area contributed by atoms with E-state index in [2.05, 4.69) is 10.6 Å².